The highest BCUT2D eigenvalue weighted by molar-refractivity contribution is 6.29. The smallest absolute Gasteiger partial charge is 0.226 e. The van der Waals surface area contributed by atoms with E-state index >= 15 is 0 Å². The Labute approximate surface area is 142 Å². The summed E-state index contributed by atoms with van der Waals surface area (Å²) in [4.78, 5) is 9.08. The maximum absolute atomic E-state index is 6.31. The lowest BCUT2D eigenvalue weighted by Gasteiger charge is -2.05. The predicted octanol–water partition coefficient (Wildman–Crippen LogP) is 3.13. The maximum atomic E-state index is 6.31. The molecule has 0 saturated heterocycles. The fourth-order valence-electron chi connectivity index (χ4n) is 2.75. The third-order valence-electron chi connectivity index (χ3n) is 3.96. The van der Waals surface area contributed by atoms with E-state index in [9.17, 15) is 0 Å². The van der Waals surface area contributed by atoms with Crippen molar-refractivity contribution in [1.29, 1.82) is 0 Å². The fourth-order valence-corrected chi connectivity index (χ4v) is 2.95. The molecule has 8 heteroatoms. The van der Waals surface area contributed by atoms with Gasteiger partial charge in [0.05, 0.1) is 18.4 Å². The van der Waals surface area contributed by atoms with Gasteiger partial charge in [-0.05, 0) is 37.6 Å². The third-order valence-corrected chi connectivity index (χ3v) is 4.20. The van der Waals surface area contributed by atoms with Crippen LogP contribution in [0.5, 0.6) is 5.75 Å². The Morgan fingerprint density at radius 2 is 2.04 bits per heavy atom. The van der Waals surface area contributed by atoms with Crippen LogP contribution < -0.4 is 4.74 Å². The van der Waals surface area contributed by atoms with Gasteiger partial charge in [0.1, 0.15) is 11.3 Å². The highest BCUT2D eigenvalue weighted by Crippen LogP contribution is 2.29. The lowest BCUT2D eigenvalue weighted by Crippen LogP contribution is -1.96. The first-order valence-electron chi connectivity index (χ1n) is 7.55. The second-order valence-electron chi connectivity index (χ2n) is 5.39. The van der Waals surface area contributed by atoms with Crippen molar-refractivity contribution in [1.82, 2.24) is 29.4 Å². The van der Waals surface area contributed by atoms with E-state index in [0.717, 1.165) is 23.2 Å². The van der Waals surface area contributed by atoms with Gasteiger partial charge in [-0.15, -0.1) is 5.10 Å². The zero-order valence-corrected chi connectivity index (χ0v) is 14.2. The van der Waals surface area contributed by atoms with Gasteiger partial charge in [-0.2, -0.15) is 9.61 Å². The molecule has 0 unspecified atom stereocenters. The summed E-state index contributed by atoms with van der Waals surface area (Å²) < 4.78 is 8.77. The van der Waals surface area contributed by atoms with Crippen LogP contribution in [0, 0.1) is 6.92 Å². The van der Waals surface area contributed by atoms with Crippen molar-refractivity contribution in [3.63, 3.8) is 0 Å². The minimum atomic E-state index is 0.237. The average Bonchev–Trinajstić information content (AvgIpc) is 3.18. The topological polar surface area (TPSA) is 70.1 Å². The molecule has 0 atom stereocenters. The number of hydrogen-bond donors (Lipinski definition) is 0. The molecule has 3 heterocycles. The number of rotatable bonds is 3. The van der Waals surface area contributed by atoms with Crippen LogP contribution in [0.2, 0.25) is 5.28 Å². The van der Waals surface area contributed by atoms with Gasteiger partial charge in [0, 0.05) is 18.1 Å². The molecule has 4 aromatic rings. The molecule has 4 rings (SSSR count). The van der Waals surface area contributed by atoms with Gasteiger partial charge in [-0.25, -0.2) is 9.97 Å². The molecule has 3 aromatic heterocycles. The maximum Gasteiger partial charge on any atom is 0.226 e. The summed E-state index contributed by atoms with van der Waals surface area (Å²) in [5.74, 6) is 1.22. The number of halogens is 1. The Bertz CT molecular complexity index is 1070. The van der Waals surface area contributed by atoms with Gasteiger partial charge >= 0.3 is 0 Å². The molecule has 0 bridgehead atoms. The van der Waals surface area contributed by atoms with E-state index in [1.54, 1.807) is 11.6 Å². The average molecular weight is 343 g/mol. The molecular formula is C16H15ClN6O. The molecule has 0 fully saturated rings. The Morgan fingerprint density at radius 1 is 1.21 bits per heavy atom. The van der Waals surface area contributed by atoms with Crippen molar-refractivity contribution in [3.8, 4) is 17.1 Å². The van der Waals surface area contributed by atoms with Crippen LogP contribution in [0.4, 0.5) is 0 Å². The van der Waals surface area contributed by atoms with Crippen molar-refractivity contribution < 1.29 is 4.74 Å². The van der Waals surface area contributed by atoms with E-state index in [1.807, 2.05) is 42.9 Å². The molecule has 0 spiro atoms. The SMILES string of the molecule is CCn1cc(-c2nc3c4cccc(OC)c4nc(Cl)n3n2)c(C)n1. The van der Waals surface area contributed by atoms with Gasteiger partial charge in [0.25, 0.3) is 0 Å². The molecule has 0 amide bonds. The molecule has 0 aliphatic heterocycles. The Balaban J connectivity index is 2.02. The highest BCUT2D eigenvalue weighted by atomic mass is 35.5. The van der Waals surface area contributed by atoms with Crippen LogP contribution in [0.3, 0.4) is 0 Å². The van der Waals surface area contributed by atoms with Crippen molar-refractivity contribution >= 4 is 28.2 Å². The Morgan fingerprint density at radius 3 is 2.75 bits per heavy atom. The van der Waals surface area contributed by atoms with Crippen LogP contribution in [-0.4, -0.2) is 36.5 Å². The van der Waals surface area contributed by atoms with Crippen molar-refractivity contribution in [2.45, 2.75) is 20.4 Å². The van der Waals surface area contributed by atoms with Crippen LogP contribution in [0.25, 0.3) is 27.9 Å². The normalized spacial score (nSPS) is 11.5. The molecule has 0 aliphatic carbocycles. The molecule has 122 valence electrons. The fraction of sp³-hybridized carbons (Fsp3) is 0.250. The van der Waals surface area contributed by atoms with E-state index in [4.69, 9.17) is 16.3 Å². The van der Waals surface area contributed by atoms with E-state index in [0.29, 0.717) is 22.7 Å². The van der Waals surface area contributed by atoms with Gasteiger partial charge in [-0.3, -0.25) is 4.68 Å². The first-order chi connectivity index (χ1) is 11.6. The molecule has 1 aromatic carbocycles. The molecule has 0 aliphatic rings. The molecule has 24 heavy (non-hydrogen) atoms. The summed E-state index contributed by atoms with van der Waals surface area (Å²) >= 11 is 6.31. The van der Waals surface area contributed by atoms with E-state index in [1.165, 1.54) is 0 Å². The summed E-state index contributed by atoms with van der Waals surface area (Å²) in [5, 5.41) is 10.0. The van der Waals surface area contributed by atoms with Crippen molar-refractivity contribution in [2.75, 3.05) is 7.11 Å². The summed E-state index contributed by atoms with van der Waals surface area (Å²) in [5.41, 5.74) is 3.06. The number of methoxy groups -OCH3 is 1. The number of aromatic nitrogens is 6. The summed E-state index contributed by atoms with van der Waals surface area (Å²) in [6, 6.07) is 5.66. The number of nitrogens with zero attached hydrogens (tertiary/aromatic N) is 6. The standard InChI is InChI=1S/C16H15ClN6O/c1-4-22-8-11(9(2)20-22)14-19-15-10-6-5-7-12(24-3)13(10)18-16(17)23(15)21-14/h5-8H,4H2,1-3H3. The van der Waals surface area contributed by atoms with Gasteiger partial charge in [0.15, 0.2) is 11.5 Å². The number of ether oxygens (including phenoxy) is 1. The first kappa shape index (κ1) is 14.9. The number of hydrogen-bond acceptors (Lipinski definition) is 5. The highest BCUT2D eigenvalue weighted by Gasteiger charge is 2.18. The van der Waals surface area contributed by atoms with Gasteiger partial charge < -0.3 is 4.74 Å². The van der Waals surface area contributed by atoms with Crippen LogP contribution in [0.15, 0.2) is 24.4 Å². The van der Waals surface area contributed by atoms with E-state index < -0.39 is 0 Å². The van der Waals surface area contributed by atoms with Crippen molar-refractivity contribution in [2.24, 2.45) is 0 Å². The second-order valence-corrected chi connectivity index (χ2v) is 5.73. The minimum absolute atomic E-state index is 0.237. The number of aryl methyl sites for hydroxylation is 2. The quantitative estimate of drug-likeness (QED) is 0.535. The monoisotopic (exact) mass is 342 g/mol. The lowest BCUT2D eigenvalue weighted by molar-refractivity contribution is 0.419. The zero-order chi connectivity index (χ0) is 16.8. The Kier molecular flexibility index (Phi) is 3.38. The van der Waals surface area contributed by atoms with Crippen LogP contribution >= 0.6 is 11.6 Å². The summed E-state index contributed by atoms with van der Waals surface area (Å²) in [6.45, 7) is 4.76. The zero-order valence-electron chi connectivity index (χ0n) is 13.5. The van der Waals surface area contributed by atoms with E-state index in [2.05, 4.69) is 20.2 Å². The third kappa shape index (κ3) is 2.12. The minimum Gasteiger partial charge on any atom is -0.494 e. The first-order valence-corrected chi connectivity index (χ1v) is 7.93. The van der Waals surface area contributed by atoms with E-state index in [-0.39, 0.29) is 5.28 Å². The summed E-state index contributed by atoms with van der Waals surface area (Å²) in [6.07, 6.45) is 1.94. The molecule has 0 saturated carbocycles. The number of fused-ring (bicyclic) bond motifs is 3. The summed E-state index contributed by atoms with van der Waals surface area (Å²) in [7, 11) is 1.60. The number of benzene rings is 1. The predicted molar refractivity (Wildman–Crippen MR) is 91.5 cm³/mol. The van der Waals surface area contributed by atoms with Crippen molar-refractivity contribution in [3.05, 3.63) is 35.4 Å². The molecular weight excluding hydrogens is 328 g/mol. The number of para-hydroxylation sites is 1. The molecule has 0 radical (unpaired) electrons. The Hall–Kier alpha value is -2.67. The lowest BCUT2D eigenvalue weighted by atomic mass is 10.2. The van der Waals surface area contributed by atoms with Gasteiger partial charge in [-0.1, -0.05) is 6.07 Å². The molecule has 7 nitrogen and oxygen atoms in total. The van der Waals surface area contributed by atoms with Crippen LogP contribution in [-0.2, 0) is 6.54 Å². The van der Waals surface area contributed by atoms with Crippen LogP contribution in [0.1, 0.15) is 12.6 Å². The largest absolute Gasteiger partial charge is 0.494 e. The molecule has 0 N–H and O–H groups in total. The van der Waals surface area contributed by atoms with Gasteiger partial charge in [0.2, 0.25) is 5.28 Å². The second kappa shape index (κ2) is 5.45.